The molecule has 0 spiro atoms. The molecule has 7 heteroatoms. The Morgan fingerprint density at radius 3 is 3.04 bits per heavy atom. The Labute approximate surface area is 164 Å². The smallest absolute Gasteiger partial charge is 0.278 e. The van der Waals surface area contributed by atoms with Crippen molar-refractivity contribution in [1.29, 1.82) is 0 Å². The summed E-state index contributed by atoms with van der Waals surface area (Å²) in [5.41, 5.74) is 10.5. The number of nitrogens with two attached hydrogens (primary N) is 1. The molecule has 1 aromatic carbocycles. The highest BCUT2D eigenvalue weighted by molar-refractivity contribution is 5.60. The van der Waals surface area contributed by atoms with Crippen molar-refractivity contribution in [3.05, 3.63) is 75.9 Å². The maximum Gasteiger partial charge on any atom is 0.278 e. The zero-order valence-corrected chi connectivity index (χ0v) is 16.1. The summed E-state index contributed by atoms with van der Waals surface area (Å²) >= 11 is 0. The number of H-pyrrole nitrogens is 1. The molecule has 0 radical (unpaired) electrons. The molecular weight excluding hydrogens is 352 g/mol. The molecular formula is C21H26N6O. The molecule has 0 fully saturated rings. The summed E-state index contributed by atoms with van der Waals surface area (Å²) in [6.07, 6.45) is 4.16. The summed E-state index contributed by atoms with van der Waals surface area (Å²) in [7, 11) is 0. The van der Waals surface area contributed by atoms with E-state index in [9.17, 15) is 4.79 Å². The Morgan fingerprint density at radius 2 is 2.25 bits per heavy atom. The molecule has 0 amide bonds. The van der Waals surface area contributed by atoms with Crippen LogP contribution in [-0.2, 0) is 12.8 Å². The van der Waals surface area contributed by atoms with Gasteiger partial charge in [-0.05, 0) is 30.9 Å². The lowest BCUT2D eigenvalue weighted by atomic mass is 9.98. The molecule has 0 saturated carbocycles. The normalized spacial score (nSPS) is 15.4. The minimum atomic E-state index is -0.0262. The van der Waals surface area contributed by atoms with E-state index in [1.54, 1.807) is 4.57 Å². The van der Waals surface area contributed by atoms with Crippen LogP contribution in [0.25, 0.3) is 5.82 Å². The van der Waals surface area contributed by atoms with Gasteiger partial charge >= 0.3 is 0 Å². The van der Waals surface area contributed by atoms with Gasteiger partial charge in [-0.1, -0.05) is 31.7 Å². The quantitative estimate of drug-likeness (QED) is 0.472. The van der Waals surface area contributed by atoms with Gasteiger partial charge in [-0.3, -0.25) is 9.36 Å². The van der Waals surface area contributed by atoms with Gasteiger partial charge in [0.05, 0.1) is 11.5 Å². The molecule has 0 aromatic heterocycles. The third-order valence-corrected chi connectivity index (χ3v) is 5.27. The first kappa shape index (κ1) is 18.2. The number of aromatic amines is 1. The molecule has 3 aliphatic heterocycles. The Bertz CT molecular complexity index is 1030. The molecule has 1 aromatic rings. The first-order valence-corrected chi connectivity index (χ1v) is 9.72. The summed E-state index contributed by atoms with van der Waals surface area (Å²) in [6, 6.07) is 8.31. The summed E-state index contributed by atoms with van der Waals surface area (Å²) < 4.78 is 1.70. The van der Waals surface area contributed by atoms with Crippen LogP contribution in [0.5, 0.6) is 0 Å². The molecule has 1 unspecified atom stereocenters. The summed E-state index contributed by atoms with van der Waals surface area (Å²) in [5, 5.41) is 6.50. The third kappa shape index (κ3) is 3.24. The number of nitrogens with zero attached hydrogens (tertiary/aromatic N) is 2. The number of anilines is 1. The standard InChI is InChI=1S/C21H26N6O/c1-3-16-21(28)27-12-19(15-11-24-17-8-5-4-7-14(15)17)25-18(20(27)26-16)9-6-10-23-13(2)22/h4-5,7-8,12,15,23-25H,2-3,6,9-11,22H2,1H3. The van der Waals surface area contributed by atoms with Crippen molar-refractivity contribution in [2.75, 3.05) is 18.4 Å². The van der Waals surface area contributed by atoms with E-state index in [0.717, 1.165) is 48.8 Å². The Hall–Kier alpha value is -3.22. The number of aromatic nitrogens is 3. The number of rotatable bonds is 7. The van der Waals surface area contributed by atoms with Gasteiger partial charge in [-0.2, -0.15) is 0 Å². The van der Waals surface area contributed by atoms with Gasteiger partial charge in [0, 0.05) is 36.6 Å². The van der Waals surface area contributed by atoms with Crippen molar-refractivity contribution >= 4 is 5.69 Å². The minimum Gasteiger partial charge on any atom is -0.386 e. The molecule has 3 aliphatic rings. The number of hydrogen-bond donors (Lipinski definition) is 4. The number of fused-ring (bicyclic) bond motifs is 2. The summed E-state index contributed by atoms with van der Waals surface area (Å²) in [5.74, 6) is 1.36. The van der Waals surface area contributed by atoms with E-state index >= 15 is 0 Å². The molecule has 0 aliphatic carbocycles. The van der Waals surface area contributed by atoms with Gasteiger partial charge in [-0.25, -0.2) is 4.98 Å². The van der Waals surface area contributed by atoms with E-state index in [1.807, 2.05) is 19.2 Å². The van der Waals surface area contributed by atoms with Crippen LogP contribution in [-0.4, -0.2) is 27.6 Å². The largest absolute Gasteiger partial charge is 0.386 e. The second-order valence-corrected chi connectivity index (χ2v) is 7.18. The van der Waals surface area contributed by atoms with Crippen LogP contribution in [0.15, 0.2) is 47.7 Å². The molecule has 5 N–H and O–H groups in total. The highest BCUT2D eigenvalue weighted by Gasteiger charge is 2.27. The van der Waals surface area contributed by atoms with Gasteiger partial charge in [0.1, 0.15) is 5.69 Å². The van der Waals surface area contributed by atoms with Gasteiger partial charge in [-0.15, -0.1) is 0 Å². The monoisotopic (exact) mass is 378 g/mol. The highest BCUT2D eigenvalue weighted by Crippen LogP contribution is 2.35. The average molecular weight is 378 g/mol. The first-order valence-electron chi connectivity index (χ1n) is 9.72. The van der Waals surface area contributed by atoms with Gasteiger partial charge in [0.2, 0.25) is 0 Å². The highest BCUT2D eigenvalue weighted by atomic mass is 16.1. The van der Waals surface area contributed by atoms with Crippen molar-refractivity contribution < 1.29 is 0 Å². The minimum absolute atomic E-state index is 0.0262. The Balaban J connectivity index is 1.73. The maximum absolute atomic E-state index is 12.8. The van der Waals surface area contributed by atoms with Crippen molar-refractivity contribution in [2.45, 2.75) is 32.1 Å². The fraction of sp³-hybridized carbons (Fsp3) is 0.333. The number of benzene rings is 1. The number of nitrogens with one attached hydrogen (secondary N) is 3. The van der Waals surface area contributed by atoms with Crippen molar-refractivity contribution in [3.63, 3.8) is 0 Å². The number of para-hydroxylation sites is 1. The van der Waals surface area contributed by atoms with E-state index in [0.29, 0.717) is 17.9 Å². The topological polar surface area (TPSA) is 101 Å². The van der Waals surface area contributed by atoms with E-state index in [-0.39, 0.29) is 11.5 Å². The van der Waals surface area contributed by atoms with Crippen LogP contribution < -0.4 is 21.9 Å². The van der Waals surface area contributed by atoms with E-state index < -0.39 is 0 Å². The van der Waals surface area contributed by atoms with E-state index in [2.05, 4.69) is 45.4 Å². The first-order chi connectivity index (χ1) is 13.6. The average Bonchev–Trinajstić information content (AvgIpc) is 3.26. The van der Waals surface area contributed by atoms with Gasteiger partial charge in [0.15, 0.2) is 5.82 Å². The maximum atomic E-state index is 12.8. The van der Waals surface area contributed by atoms with E-state index in [4.69, 9.17) is 5.73 Å². The van der Waals surface area contributed by atoms with Gasteiger partial charge in [0.25, 0.3) is 5.56 Å². The number of aryl methyl sites for hydroxylation is 2. The fourth-order valence-electron chi connectivity index (χ4n) is 3.86. The SMILES string of the molecule is C=C(N)NCCCc1[nH]c(C2CNc3ccccc32)cn2c(=O)c(CC)nc1-2. The van der Waals surface area contributed by atoms with Crippen molar-refractivity contribution in [1.82, 2.24) is 19.9 Å². The number of imidazole rings is 1. The van der Waals surface area contributed by atoms with Crippen LogP contribution in [0.2, 0.25) is 0 Å². The summed E-state index contributed by atoms with van der Waals surface area (Å²) in [4.78, 5) is 21.0. The lowest BCUT2D eigenvalue weighted by Gasteiger charge is -2.17. The fourth-order valence-corrected chi connectivity index (χ4v) is 3.86. The van der Waals surface area contributed by atoms with Crippen LogP contribution in [0, 0.1) is 0 Å². The molecule has 0 saturated heterocycles. The lowest BCUT2D eigenvalue weighted by molar-refractivity contribution is 0.694. The molecule has 3 heterocycles. The Morgan fingerprint density at radius 1 is 1.43 bits per heavy atom. The molecule has 4 rings (SSSR count). The third-order valence-electron chi connectivity index (χ3n) is 5.27. The van der Waals surface area contributed by atoms with Crippen LogP contribution >= 0.6 is 0 Å². The predicted molar refractivity (Wildman–Crippen MR) is 111 cm³/mol. The van der Waals surface area contributed by atoms with Crippen LogP contribution in [0.3, 0.4) is 0 Å². The van der Waals surface area contributed by atoms with Gasteiger partial charge < -0.3 is 21.4 Å². The Kier molecular flexibility index (Phi) is 4.81. The van der Waals surface area contributed by atoms with E-state index in [1.165, 1.54) is 5.56 Å². The summed E-state index contributed by atoms with van der Waals surface area (Å²) in [6.45, 7) is 7.14. The molecule has 0 bridgehead atoms. The zero-order chi connectivity index (χ0) is 19.7. The second-order valence-electron chi connectivity index (χ2n) is 7.18. The van der Waals surface area contributed by atoms with Crippen LogP contribution in [0.1, 0.15) is 41.9 Å². The molecule has 1 atom stereocenters. The molecule has 7 nitrogen and oxygen atoms in total. The van der Waals surface area contributed by atoms with Crippen LogP contribution in [0.4, 0.5) is 5.69 Å². The van der Waals surface area contributed by atoms with Crippen molar-refractivity contribution in [2.24, 2.45) is 5.73 Å². The molecule has 28 heavy (non-hydrogen) atoms. The molecule has 146 valence electrons. The zero-order valence-electron chi connectivity index (χ0n) is 16.1. The van der Waals surface area contributed by atoms with Crippen molar-refractivity contribution in [3.8, 4) is 5.82 Å². The lowest BCUT2D eigenvalue weighted by Crippen LogP contribution is -2.22. The predicted octanol–water partition coefficient (Wildman–Crippen LogP) is 2.07. The second kappa shape index (κ2) is 7.42. The number of hydrogen-bond acceptors (Lipinski definition) is 5.